The van der Waals surface area contributed by atoms with Crippen molar-refractivity contribution in [2.45, 2.75) is 40.5 Å². The number of hydrogen-bond donors (Lipinski definition) is 1. The van der Waals surface area contributed by atoms with E-state index in [-0.39, 0.29) is 6.03 Å². The molecule has 2 amide bonds. The van der Waals surface area contributed by atoms with Gasteiger partial charge in [0, 0.05) is 24.3 Å². The van der Waals surface area contributed by atoms with Crippen LogP contribution in [0, 0.1) is 18.7 Å². The average molecular weight is 358 g/mol. The molecule has 2 heterocycles. The Morgan fingerprint density at radius 1 is 1.19 bits per heavy atom. The van der Waals surface area contributed by atoms with Crippen molar-refractivity contribution >= 4 is 11.7 Å². The Morgan fingerprint density at radius 3 is 2.42 bits per heavy atom. The fourth-order valence-electron chi connectivity index (χ4n) is 2.81. The molecule has 1 aliphatic heterocycles. The molecule has 1 aliphatic rings. The van der Waals surface area contributed by atoms with E-state index in [1.165, 1.54) is 0 Å². The Morgan fingerprint density at radius 2 is 1.81 bits per heavy atom. The van der Waals surface area contributed by atoms with Gasteiger partial charge in [0.1, 0.15) is 0 Å². The highest BCUT2D eigenvalue weighted by molar-refractivity contribution is 5.90. The van der Waals surface area contributed by atoms with Gasteiger partial charge in [-0.1, -0.05) is 26.8 Å². The van der Waals surface area contributed by atoms with E-state index in [2.05, 4.69) is 22.2 Å². The van der Waals surface area contributed by atoms with Gasteiger partial charge in [-0.3, -0.25) is 0 Å². The van der Waals surface area contributed by atoms with Crippen LogP contribution in [0.15, 0.2) is 30.6 Å². The van der Waals surface area contributed by atoms with Gasteiger partial charge in [-0.05, 0) is 43.4 Å². The third-order valence-corrected chi connectivity index (χ3v) is 4.42. The van der Waals surface area contributed by atoms with Crippen molar-refractivity contribution in [3.05, 3.63) is 42.0 Å². The smallest absolute Gasteiger partial charge is 0.321 e. The minimum Gasteiger partial charge on any atom is -0.325 e. The van der Waals surface area contributed by atoms with Gasteiger partial charge in [-0.15, -0.1) is 0 Å². The topological polar surface area (TPSA) is 58.1 Å². The Hall–Kier alpha value is -2.50. The summed E-state index contributed by atoms with van der Waals surface area (Å²) in [5.41, 5.74) is 2.43. The normalized spacial score (nSPS) is 14.4. The monoisotopic (exact) mass is 358 g/mol. The van der Waals surface area contributed by atoms with E-state index in [9.17, 15) is 9.18 Å². The van der Waals surface area contributed by atoms with Crippen LogP contribution in [0.2, 0.25) is 0 Å². The number of carbonyl (C=O) groups excluding carboxylic acids is 1. The standard InChI is InChI=1S/C18H21FN4O.C2H6/c1-12-5-7-23(8-6-12)18(24)22-15-4-3-13(2)16(9-15)17-20-10-14(19)11-21-17;1-2/h3-4,9-12H,5-8H2,1-2H3,(H,22,24);1-2H3. The van der Waals surface area contributed by atoms with Crippen LogP contribution in [0.1, 0.15) is 39.2 Å². The number of hydrogen-bond acceptors (Lipinski definition) is 3. The van der Waals surface area contributed by atoms with Gasteiger partial charge < -0.3 is 10.2 Å². The third-order valence-electron chi connectivity index (χ3n) is 4.42. The first-order valence-electron chi connectivity index (χ1n) is 9.17. The maximum atomic E-state index is 13.0. The molecule has 26 heavy (non-hydrogen) atoms. The van der Waals surface area contributed by atoms with Crippen LogP contribution in [0.5, 0.6) is 0 Å². The maximum Gasteiger partial charge on any atom is 0.321 e. The molecule has 5 nitrogen and oxygen atoms in total. The van der Waals surface area contributed by atoms with Gasteiger partial charge >= 0.3 is 6.03 Å². The Balaban J connectivity index is 0.00000117. The van der Waals surface area contributed by atoms with Crippen LogP contribution in [0.4, 0.5) is 14.9 Å². The van der Waals surface area contributed by atoms with Crippen molar-refractivity contribution < 1.29 is 9.18 Å². The number of likely N-dealkylation sites (tertiary alicyclic amines) is 1. The number of rotatable bonds is 2. The zero-order chi connectivity index (χ0) is 19.1. The van der Waals surface area contributed by atoms with E-state index in [1.807, 2.05) is 43.9 Å². The molecule has 140 valence electrons. The molecular formula is C20H27FN4O. The first-order chi connectivity index (χ1) is 12.5. The fraction of sp³-hybridized carbons (Fsp3) is 0.450. The quantitative estimate of drug-likeness (QED) is 0.832. The third kappa shape index (κ3) is 5.00. The average Bonchev–Trinajstić information content (AvgIpc) is 2.66. The number of carbonyl (C=O) groups is 1. The van der Waals surface area contributed by atoms with Gasteiger partial charge in [0.2, 0.25) is 0 Å². The van der Waals surface area contributed by atoms with Gasteiger partial charge in [0.15, 0.2) is 11.6 Å². The number of halogens is 1. The summed E-state index contributed by atoms with van der Waals surface area (Å²) in [4.78, 5) is 22.3. The lowest BCUT2D eigenvalue weighted by Crippen LogP contribution is -2.40. The molecule has 6 heteroatoms. The highest BCUT2D eigenvalue weighted by Crippen LogP contribution is 2.24. The van der Waals surface area contributed by atoms with Crippen LogP contribution < -0.4 is 5.32 Å². The molecule has 2 aromatic rings. The summed E-state index contributed by atoms with van der Waals surface area (Å²) in [5, 5.41) is 2.93. The summed E-state index contributed by atoms with van der Waals surface area (Å²) in [6.07, 6.45) is 4.36. The second-order valence-corrected chi connectivity index (χ2v) is 6.35. The molecule has 0 spiro atoms. The van der Waals surface area contributed by atoms with E-state index in [0.29, 0.717) is 17.4 Å². The lowest BCUT2D eigenvalue weighted by Gasteiger charge is -2.30. The second-order valence-electron chi connectivity index (χ2n) is 6.35. The highest BCUT2D eigenvalue weighted by atomic mass is 19.1. The molecule has 0 atom stereocenters. The summed E-state index contributed by atoms with van der Waals surface area (Å²) >= 11 is 0. The maximum absolute atomic E-state index is 13.0. The van der Waals surface area contributed by atoms with Crippen molar-refractivity contribution in [1.82, 2.24) is 14.9 Å². The van der Waals surface area contributed by atoms with Crippen molar-refractivity contribution in [2.75, 3.05) is 18.4 Å². The number of urea groups is 1. The van der Waals surface area contributed by atoms with Gasteiger partial charge in [0.25, 0.3) is 0 Å². The molecule has 1 saturated heterocycles. The van der Waals surface area contributed by atoms with E-state index in [1.54, 1.807) is 0 Å². The highest BCUT2D eigenvalue weighted by Gasteiger charge is 2.20. The summed E-state index contributed by atoms with van der Waals surface area (Å²) in [6.45, 7) is 9.71. The molecule has 1 N–H and O–H groups in total. The first kappa shape index (κ1) is 19.8. The van der Waals surface area contributed by atoms with Gasteiger partial charge in [0.05, 0.1) is 12.4 Å². The molecule has 3 rings (SSSR count). The predicted octanol–water partition coefficient (Wildman–Crippen LogP) is 4.88. The molecule has 0 radical (unpaired) electrons. The molecule has 0 saturated carbocycles. The SMILES string of the molecule is CC.Cc1ccc(NC(=O)N2CCC(C)CC2)cc1-c1ncc(F)cn1. The van der Waals surface area contributed by atoms with Crippen molar-refractivity contribution in [1.29, 1.82) is 0 Å². The van der Waals surface area contributed by atoms with Crippen molar-refractivity contribution in [3.8, 4) is 11.4 Å². The second kappa shape index (κ2) is 9.27. The minimum absolute atomic E-state index is 0.0864. The number of piperidine rings is 1. The number of nitrogens with zero attached hydrogens (tertiary/aromatic N) is 3. The van der Waals surface area contributed by atoms with E-state index in [0.717, 1.165) is 49.5 Å². The van der Waals surface area contributed by atoms with Crippen molar-refractivity contribution in [2.24, 2.45) is 5.92 Å². The fourth-order valence-corrected chi connectivity index (χ4v) is 2.81. The number of nitrogens with one attached hydrogen (secondary N) is 1. The molecular weight excluding hydrogens is 331 g/mol. The Labute approximate surface area is 154 Å². The van der Waals surface area contributed by atoms with Crippen LogP contribution in [-0.2, 0) is 0 Å². The van der Waals surface area contributed by atoms with E-state index in [4.69, 9.17) is 0 Å². The number of amides is 2. The minimum atomic E-state index is -0.472. The number of anilines is 1. The number of aromatic nitrogens is 2. The molecule has 0 unspecified atom stereocenters. The molecule has 1 fully saturated rings. The van der Waals surface area contributed by atoms with E-state index >= 15 is 0 Å². The summed E-state index contributed by atoms with van der Waals surface area (Å²) < 4.78 is 13.0. The predicted molar refractivity (Wildman–Crippen MR) is 103 cm³/mol. The van der Waals surface area contributed by atoms with Gasteiger partial charge in [-0.2, -0.15) is 0 Å². The summed E-state index contributed by atoms with van der Waals surface area (Å²) in [5.74, 6) is 0.646. The van der Waals surface area contributed by atoms with Gasteiger partial charge in [-0.25, -0.2) is 19.2 Å². The largest absolute Gasteiger partial charge is 0.325 e. The Bertz CT molecular complexity index is 725. The molecule has 1 aromatic carbocycles. The Kier molecular flexibility index (Phi) is 7.06. The zero-order valence-electron chi connectivity index (χ0n) is 15.9. The van der Waals surface area contributed by atoms with Crippen LogP contribution >= 0.6 is 0 Å². The number of aryl methyl sites for hydroxylation is 1. The number of benzene rings is 1. The molecule has 0 aliphatic carbocycles. The first-order valence-corrected chi connectivity index (χ1v) is 9.17. The van der Waals surface area contributed by atoms with Crippen molar-refractivity contribution in [3.63, 3.8) is 0 Å². The molecule has 0 bridgehead atoms. The molecule has 1 aromatic heterocycles. The van der Waals surface area contributed by atoms with E-state index < -0.39 is 5.82 Å². The summed E-state index contributed by atoms with van der Waals surface area (Å²) in [7, 11) is 0. The lowest BCUT2D eigenvalue weighted by atomic mass is 10.00. The van der Waals surface area contributed by atoms with Crippen LogP contribution in [0.3, 0.4) is 0 Å². The summed E-state index contributed by atoms with van der Waals surface area (Å²) in [6, 6.07) is 5.49. The van der Waals surface area contributed by atoms with Crippen LogP contribution in [-0.4, -0.2) is 34.0 Å². The lowest BCUT2D eigenvalue weighted by molar-refractivity contribution is 0.186. The zero-order valence-corrected chi connectivity index (χ0v) is 15.9. The van der Waals surface area contributed by atoms with Crippen LogP contribution in [0.25, 0.3) is 11.4 Å².